The highest BCUT2D eigenvalue weighted by molar-refractivity contribution is 8.04. The molecule has 9 heteroatoms. The summed E-state index contributed by atoms with van der Waals surface area (Å²) in [5.41, 5.74) is 1.89. The van der Waals surface area contributed by atoms with Gasteiger partial charge in [0.15, 0.2) is 20.3 Å². The molecule has 4 atom stereocenters. The molecule has 2 heterocycles. The Morgan fingerprint density at radius 2 is 1.56 bits per heavy atom. The number of halogens is 1. The van der Waals surface area contributed by atoms with Crippen molar-refractivity contribution >= 4 is 33.5 Å². The molecule has 2 aromatic rings. The second kappa shape index (κ2) is 9.92. The summed E-state index contributed by atoms with van der Waals surface area (Å²) in [6.45, 7) is 3.18. The van der Waals surface area contributed by atoms with Crippen LogP contribution in [0.25, 0.3) is 0 Å². The van der Waals surface area contributed by atoms with Crippen LogP contribution in [0.1, 0.15) is 42.6 Å². The standard InChI is InChI=1S/C25H25FO6S2/c1-3-31-24(27)22-18-14-19(15-8-6-5-7-9-15)33-21(18)20(16-10-12-17(26)13-11-16)23(34(22,29)30)25(28)32-4-2/h5-13,19-20,22-23H,3-4,14H2,1-2H3/t19-,20-,22-,23-/m1/s1. The lowest BCUT2D eigenvalue weighted by molar-refractivity contribution is -0.142. The summed E-state index contributed by atoms with van der Waals surface area (Å²) in [5, 5.41) is -3.37. The molecule has 0 saturated carbocycles. The van der Waals surface area contributed by atoms with E-state index in [1.165, 1.54) is 36.0 Å². The van der Waals surface area contributed by atoms with Crippen molar-refractivity contribution in [2.45, 2.75) is 41.9 Å². The molecule has 0 saturated heterocycles. The van der Waals surface area contributed by atoms with Gasteiger partial charge in [0.25, 0.3) is 0 Å². The summed E-state index contributed by atoms with van der Waals surface area (Å²) in [6, 6.07) is 15.0. The molecule has 6 nitrogen and oxygen atoms in total. The van der Waals surface area contributed by atoms with Gasteiger partial charge in [-0.25, -0.2) is 12.8 Å². The first-order chi connectivity index (χ1) is 16.3. The Bertz CT molecular complexity index is 1210. The molecule has 2 aliphatic heterocycles. The van der Waals surface area contributed by atoms with E-state index in [1.807, 2.05) is 30.3 Å². The quantitative estimate of drug-likeness (QED) is 0.541. The third-order valence-electron chi connectivity index (χ3n) is 6.00. The summed E-state index contributed by atoms with van der Waals surface area (Å²) in [4.78, 5) is 26.7. The summed E-state index contributed by atoms with van der Waals surface area (Å²) >= 11 is 1.44. The first-order valence-electron chi connectivity index (χ1n) is 11.1. The van der Waals surface area contributed by atoms with Crippen LogP contribution in [0.2, 0.25) is 0 Å². The zero-order valence-electron chi connectivity index (χ0n) is 18.8. The fourth-order valence-corrected chi connectivity index (χ4v) is 8.64. The van der Waals surface area contributed by atoms with Crippen LogP contribution in [0.4, 0.5) is 4.39 Å². The number of benzene rings is 2. The van der Waals surface area contributed by atoms with Gasteiger partial charge in [-0.05, 0) is 54.0 Å². The molecule has 0 amide bonds. The molecule has 0 N–H and O–H groups in total. The zero-order valence-corrected chi connectivity index (χ0v) is 20.4. The second-order valence-electron chi connectivity index (χ2n) is 8.03. The summed E-state index contributed by atoms with van der Waals surface area (Å²) in [5.74, 6) is -3.21. The highest BCUT2D eigenvalue weighted by Crippen LogP contribution is 2.58. The van der Waals surface area contributed by atoms with E-state index in [0.717, 1.165) is 5.56 Å². The van der Waals surface area contributed by atoms with Crippen LogP contribution in [0, 0.1) is 5.82 Å². The normalized spacial score (nSPS) is 25.5. The van der Waals surface area contributed by atoms with E-state index in [2.05, 4.69) is 0 Å². The van der Waals surface area contributed by atoms with Gasteiger partial charge in [0.2, 0.25) is 0 Å². The average molecular weight is 505 g/mol. The number of ether oxygens (including phenoxy) is 2. The minimum Gasteiger partial charge on any atom is -0.465 e. The minimum absolute atomic E-state index is 0.00812. The minimum atomic E-state index is -4.39. The lowest BCUT2D eigenvalue weighted by Crippen LogP contribution is -2.50. The molecule has 180 valence electrons. The fourth-order valence-electron chi connectivity index (χ4n) is 4.59. The van der Waals surface area contributed by atoms with Crippen LogP contribution in [-0.2, 0) is 28.9 Å². The molecule has 4 rings (SSSR count). The monoisotopic (exact) mass is 504 g/mol. The van der Waals surface area contributed by atoms with Gasteiger partial charge in [0.1, 0.15) is 5.82 Å². The van der Waals surface area contributed by atoms with Crippen LogP contribution in [0.15, 0.2) is 65.1 Å². The van der Waals surface area contributed by atoms with Gasteiger partial charge in [-0.1, -0.05) is 42.5 Å². The first-order valence-corrected chi connectivity index (χ1v) is 13.5. The Balaban J connectivity index is 1.91. The maximum atomic E-state index is 13.9. The number of allylic oxidation sites excluding steroid dienone is 1. The molecular weight excluding hydrogens is 479 g/mol. The summed E-state index contributed by atoms with van der Waals surface area (Å²) in [6.07, 6.45) is 0.319. The number of hydrogen-bond acceptors (Lipinski definition) is 7. The van der Waals surface area contributed by atoms with Gasteiger partial charge in [0.05, 0.1) is 13.2 Å². The van der Waals surface area contributed by atoms with Crippen molar-refractivity contribution < 1.29 is 31.9 Å². The first kappa shape index (κ1) is 24.5. The lowest BCUT2D eigenvalue weighted by atomic mass is 9.89. The van der Waals surface area contributed by atoms with Crippen LogP contribution < -0.4 is 0 Å². The van der Waals surface area contributed by atoms with Crippen molar-refractivity contribution in [1.29, 1.82) is 0 Å². The fraction of sp³-hybridized carbons (Fsp3) is 0.360. The number of sulfone groups is 1. The number of carbonyl (C=O) groups is 2. The molecule has 0 aliphatic carbocycles. The molecule has 0 fully saturated rings. The van der Waals surface area contributed by atoms with E-state index in [4.69, 9.17) is 9.47 Å². The van der Waals surface area contributed by atoms with Crippen molar-refractivity contribution in [3.05, 3.63) is 82.0 Å². The Kier molecular flexibility index (Phi) is 7.14. The predicted octanol–water partition coefficient (Wildman–Crippen LogP) is 4.33. The number of rotatable bonds is 6. The smallest absolute Gasteiger partial charge is 0.328 e. The van der Waals surface area contributed by atoms with Gasteiger partial charge in [-0.15, -0.1) is 11.8 Å². The molecule has 0 aromatic heterocycles. The lowest BCUT2D eigenvalue weighted by Gasteiger charge is -2.35. The number of hydrogen-bond donors (Lipinski definition) is 0. The Hall–Kier alpha value is -2.65. The van der Waals surface area contributed by atoms with Crippen LogP contribution >= 0.6 is 11.8 Å². The van der Waals surface area contributed by atoms with E-state index >= 15 is 0 Å². The maximum Gasteiger partial charge on any atom is 0.328 e. The average Bonchev–Trinajstić information content (AvgIpc) is 3.23. The van der Waals surface area contributed by atoms with E-state index in [1.54, 1.807) is 13.8 Å². The third-order valence-corrected chi connectivity index (χ3v) is 9.80. The third kappa shape index (κ3) is 4.38. The van der Waals surface area contributed by atoms with Crippen molar-refractivity contribution in [2.24, 2.45) is 0 Å². The van der Waals surface area contributed by atoms with Gasteiger partial charge < -0.3 is 9.47 Å². The zero-order chi connectivity index (χ0) is 24.5. The summed E-state index contributed by atoms with van der Waals surface area (Å²) in [7, 11) is -4.39. The molecule has 2 aliphatic rings. The molecule has 0 bridgehead atoms. The van der Waals surface area contributed by atoms with E-state index in [0.29, 0.717) is 22.5 Å². The predicted molar refractivity (Wildman–Crippen MR) is 127 cm³/mol. The van der Waals surface area contributed by atoms with Crippen molar-refractivity contribution in [3.8, 4) is 0 Å². The molecule has 0 spiro atoms. The van der Waals surface area contributed by atoms with Gasteiger partial charge in [0, 0.05) is 11.2 Å². The number of esters is 2. The van der Waals surface area contributed by atoms with E-state index in [9.17, 15) is 22.4 Å². The Morgan fingerprint density at radius 1 is 0.941 bits per heavy atom. The largest absolute Gasteiger partial charge is 0.465 e. The van der Waals surface area contributed by atoms with Crippen molar-refractivity contribution in [1.82, 2.24) is 0 Å². The number of carbonyl (C=O) groups excluding carboxylic acids is 2. The maximum absolute atomic E-state index is 13.9. The van der Waals surface area contributed by atoms with E-state index in [-0.39, 0.29) is 18.5 Å². The molecule has 0 unspecified atom stereocenters. The molecule has 34 heavy (non-hydrogen) atoms. The Labute approximate surface area is 202 Å². The second-order valence-corrected chi connectivity index (χ2v) is 11.4. The highest BCUT2D eigenvalue weighted by Gasteiger charge is 2.58. The Morgan fingerprint density at radius 3 is 2.18 bits per heavy atom. The molecule has 0 radical (unpaired) electrons. The van der Waals surface area contributed by atoms with Gasteiger partial charge in [-0.2, -0.15) is 0 Å². The van der Waals surface area contributed by atoms with Gasteiger partial charge >= 0.3 is 11.9 Å². The van der Waals surface area contributed by atoms with Crippen molar-refractivity contribution in [3.63, 3.8) is 0 Å². The molecule has 2 aromatic carbocycles. The summed E-state index contributed by atoms with van der Waals surface area (Å²) < 4.78 is 51.7. The van der Waals surface area contributed by atoms with Crippen LogP contribution in [0.3, 0.4) is 0 Å². The topological polar surface area (TPSA) is 86.7 Å². The SMILES string of the molecule is CCOC(=O)[C@H]1C2=C(S[C@@H](c3ccccc3)C2)[C@@H](c2ccc(F)cc2)[C@H](C(=O)OCC)S1(=O)=O. The van der Waals surface area contributed by atoms with Crippen molar-refractivity contribution in [2.75, 3.05) is 13.2 Å². The van der Waals surface area contributed by atoms with Gasteiger partial charge in [-0.3, -0.25) is 9.59 Å². The highest BCUT2D eigenvalue weighted by atomic mass is 32.2. The number of thioether (sulfide) groups is 1. The van der Waals surface area contributed by atoms with Crippen LogP contribution in [0.5, 0.6) is 0 Å². The molecular formula is C25H25FO6S2. The van der Waals surface area contributed by atoms with E-state index < -0.39 is 44.0 Å². The van der Waals surface area contributed by atoms with Crippen LogP contribution in [-0.4, -0.2) is 44.1 Å².